The standard InChI is InChI=1S/C20H20FN5O/c1-24-18-14(21)5-4-7-16(18)22-19(24)25-11-9-13(10-12-25)26-17-8-3-2-6-15(17)23-20(26)27/h2-8,13H,9-12H2,1H3,(H,23,27). The van der Waals surface area contributed by atoms with E-state index in [1.165, 1.54) is 6.07 Å². The van der Waals surface area contributed by atoms with Crippen molar-refractivity contribution in [3.05, 3.63) is 58.8 Å². The molecule has 1 aliphatic rings. The van der Waals surface area contributed by atoms with Crippen molar-refractivity contribution in [1.29, 1.82) is 0 Å². The lowest BCUT2D eigenvalue weighted by molar-refractivity contribution is 0.393. The molecular formula is C20H20FN5O. The van der Waals surface area contributed by atoms with Crippen LogP contribution in [0.15, 0.2) is 47.3 Å². The number of hydrogen-bond donors (Lipinski definition) is 1. The Hall–Kier alpha value is -3.09. The zero-order valence-corrected chi connectivity index (χ0v) is 15.0. The molecule has 1 aliphatic heterocycles. The second-order valence-corrected chi connectivity index (χ2v) is 7.11. The van der Waals surface area contributed by atoms with Gasteiger partial charge in [0.1, 0.15) is 11.3 Å². The monoisotopic (exact) mass is 365 g/mol. The van der Waals surface area contributed by atoms with E-state index in [4.69, 9.17) is 0 Å². The fourth-order valence-corrected chi connectivity index (χ4v) is 4.25. The van der Waals surface area contributed by atoms with Gasteiger partial charge in [0.2, 0.25) is 5.95 Å². The van der Waals surface area contributed by atoms with E-state index < -0.39 is 0 Å². The van der Waals surface area contributed by atoms with Gasteiger partial charge < -0.3 is 14.5 Å². The molecule has 2 aromatic heterocycles. The summed E-state index contributed by atoms with van der Waals surface area (Å²) in [7, 11) is 1.85. The molecule has 3 heterocycles. The van der Waals surface area contributed by atoms with Crippen molar-refractivity contribution >= 4 is 28.0 Å². The third-order valence-electron chi connectivity index (χ3n) is 5.56. The normalized spacial score (nSPS) is 15.9. The van der Waals surface area contributed by atoms with Crippen LogP contribution in [0.1, 0.15) is 18.9 Å². The van der Waals surface area contributed by atoms with Gasteiger partial charge in [-0.3, -0.25) is 4.57 Å². The molecule has 1 saturated heterocycles. The molecule has 0 saturated carbocycles. The lowest BCUT2D eigenvalue weighted by Crippen LogP contribution is -2.38. The summed E-state index contributed by atoms with van der Waals surface area (Å²) in [4.78, 5) is 22.2. The summed E-state index contributed by atoms with van der Waals surface area (Å²) in [5.41, 5.74) is 2.96. The third-order valence-corrected chi connectivity index (χ3v) is 5.56. The Labute approximate surface area is 154 Å². The molecule has 1 fully saturated rings. The van der Waals surface area contributed by atoms with Crippen LogP contribution < -0.4 is 10.6 Å². The van der Waals surface area contributed by atoms with E-state index in [9.17, 15) is 9.18 Å². The summed E-state index contributed by atoms with van der Waals surface area (Å²) in [6, 6.07) is 12.9. The van der Waals surface area contributed by atoms with Gasteiger partial charge in [0.05, 0.1) is 16.6 Å². The molecule has 2 aromatic carbocycles. The molecule has 0 aliphatic carbocycles. The maximum Gasteiger partial charge on any atom is 0.326 e. The summed E-state index contributed by atoms with van der Waals surface area (Å²) in [5.74, 6) is 0.522. The number of halogens is 1. The Morgan fingerprint density at radius 3 is 2.67 bits per heavy atom. The Morgan fingerprint density at radius 1 is 1.11 bits per heavy atom. The molecule has 0 radical (unpaired) electrons. The second-order valence-electron chi connectivity index (χ2n) is 7.11. The number of para-hydroxylation sites is 3. The van der Waals surface area contributed by atoms with Crippen LogP contribution in [0.25, 0.3) is 22.1 Å². The van der Waals surface area contributed by atoms with E-state index in [1.54, 1.807) is 6.07 Å². The maximum atomic E-state index is 14.1. The average molecular weight is 365 g/mol. The number of aryl methyl sites for hydroxylation is 1. The summed E-state index contributed by atoms with van der Waals surface area (Å²) in [6.07, 6.45) is 1.68. The molecule has 7 heteroatoms. The van der Waals surface area contributed by atoms with Gasteiger partial charge in [-0.05, 0) is 37.1 Å². The first-order chi connectivity index (χ1) is 13.1. The van der Waals surface area contributed by atoms with Crippen LogP contribution in [-0.2, 0) is 7.05 Å². The molecular weight excluding hydrogens is 345 g/mol. The largest absolute Gasteiger partial charge is 0.342 e. The number of fused-ring (bicyclic) bond motifs is 2. The zero-order valence-electron chi connectivity index (χ0n) is 15.0. The van der Waals surface area contributed by atoms with Gasteiger partial charge in [-0.1, -0.05) is 18.2 Å². The van der Waals surface area contributed by atoms with Crippen molar-refractivity contribution in [2.75, 3.05) is 18.0 Å². The Kier molecular flexibility index (Phi) is 3.56. The van der Waals surface area contributed by atoms with Gasteiger partial charge >= 0.3 is 5.69 Å². The molecule has 1 N–H and O–H groups in total. The molecule has 0 amide bonds. The number of benzene rings is 2. The van der Waals surface area contributed by atoms with Crippen LogP contribution in [-0.4, -0.2) is 32.2 Å². The molecule has 138 valence electrons. The van der Waals surface area contributed by atoms with E-state index >= 15 is 0 Å². The van der Waals surface area contributed by atoms with Gasteiger partial charge in [-0.2, -0.15) is 0 Å². The third kappa shape index (κ3) is 2.45. The Balaban J connectivity index is 1.44. The predicted molar refractivity (Wildman–Crippen MR) is 104 cm³/mol. The SMILES string of the molecule is Cn1c(N2CCC(n3c(=O)[nH]c4ccccc43)CC2)nc2cccc(F)c21. The highest BCUT2D eigenvalue weighted by Gasteiger charge is 2.26. The number of piperidine rings is 1. The van der Waals surface area contributed by atoms with Crippen molar-refractivity contribution in [1.82, 2.24) is 19.1 Å². The Morgan fingerprint density at radius 2 is 1.89 bits per heavy atom. The highest BCUT2D eigenvalue weighted by atomic mass is 19.1. The van der Waals surface area contributed by atoms with Crippen LogP contribution in [0.3, 0.4) is 0 Å². The van der Waals surface area contributed by atoms with E-state index in [0.717, 1.165) is 42.9 Å². The second kappa shape index (κ2) is 5.97. The summed E-state index contributed by atoms with van der Waals surface area (Å²) in [5, 5.41) is 0. The highest BCUT2D eigenvalue weighted by Crippen LogP contribution is 2.29. The number of aromatic amines is 1. The number of aromatic nitrogens is 4. The first-order valence-electron chi connectivity index (χ1n) is 9.18. The lowest BCUT2D eigenvalue weighted by atomic mass is 10.0. The first-order valence-corrected chi connectivity index (χ1v) is 9.18. The van der Waals surface area contributed by atoms with E-state index in [0.29, 0.717) is 11.0 Å². The lowest BCUT2D eigenvalue weighted by Gasteiger charge is -2.33. The minimum Gasteiger partial charge on any atom is -0.342 e. The fraction of sp³-hybridized carbons (Fsp3) is 0.300. The molecule has 27 heavy (non-hydrogen) atoms. The van der Waals surface area contributed by atoms with E-state index in [1.807, 2.05) is 46.5 Å². The summed E-state index contributed by atoms with van der Waals surface area (Å²) < 4.78 is 17.8. The number of nitrogens with zero attached hydrogens (tertiary/aromatic N) is 4. The molecule has 0 atom stereocenters. The van der Waals surface area contributed by atoms with Gasteiger partial charge in [0, 0.05) is 26.2 Å². The molecule has 0 bridgehead atoms. The van der Waals surface area contributed by atoms with Crippen LogP contribution in [0, 0.1) is 5.82 Å². The van der Waals surface area contributed by atoms with Gasteiger partial charge in [-0.15, -0.1) is 0 Å². The van der Waals surface area contributed by atoms with Crippen LogP contribution >= 0.6 is 0 Å². The summed E-state index contributed by atoms with van der Waals surface area (Å²) in [6.45, 7) is 1.55. The van der Waals surface area contributed by atoms with Crippen LogP contribution in [0.4, 0.5) is 10.3 Å². The average Bonchev–Trinajstić information content (AvgIpc) is 3.19. The molecule has 0 spiro atoms. The zero-order chi connectivity index (χ0) is 18.5. The number of nitrogens with one attached hydrogen (secondary N) is 1. The number of imidazole rings is 2. The smallest absolute Gasteiger partial charge is 0.326 e. The molecule has 0 unspecified atom stereocenters. The van der Waals surface area contributed by atoms with Crippen molar-refractivity contribution in [3.63, 3.8) is 0 Å². The topological polar surface area (TPSA) is 58.9 Å². The fourth-order valence-electron chi connectivity index (χ4n) is 4.25. The van der Waals surface area contributed by atoms with Gasteiger partial charge in [-0.25, -0.2) is 14.2 Å². The predicted octanol–water partition coefficient (Wildman–Crippen LogP) is 3.20. The quantitative estimate of drug-likeness (QED) is 0.593. The van der Waals surface area contributed by atoms with Crippen molar-refractivity contribution in [2.24, 2.45) is 7.05 Å². The number of H-pyrrole nitrogens is 1. The van der Waals surface area contributed by atoms with E-state index in [2.05, 4.69) is 14.9 Å². The van der Waals surface area contributed by atoms with E-state index in [-0.39, 0.29) is 17.5 Å². The number of anilines is 1. The maximum absolute atomic E-state index is 14.1. The van der Waals surface area contributed by atoms with Gasteiger partial charge in [0.15, 0.2) is 0 Å². The first kappa shape index (κ1) is 16.1. The molecule has 5 rings (SSSR count). The molecule has 4 aromatic rings. The van der Waals surface area contributed by atoms with Crippen molar-refractivity contribution in [3.8, 4) is 0 Å². The van der Waals surface area contributed by atoms with Crippen LogP contribution in [0.5, 0.6) is 0 Å². The molecule has 6 nitrogen and oxygen atoms in total. The van der Waals surface area contributed by atoms with Gasteiger partial charge in [0.25, 0.3) is 0 Å². The minimum atomic E-state index is -0.256. The summed E-state index contributed by atoms with van der Waals surface area (Å²) >= 11 is 0. The van der Waals surface area contributed by atoms with Crippen molar-refractivity contribution in [2.45, 2.75) is 18.9 Å². The number of hydrogen-bond acceptors (Lipinski definition) is 3. The highest BCUT2D eigenvalue weighted by molar-refractivity contribution is 5.79. The Bertz CT molecular complexity index is 1200. The van der Waals surface area contributed by atoms with Crippen molar-refractivity contribution < 1.29 is 4.39 Å². The number of rotatable bonds is 2. The minimum absolute atomic E-state index is 0.0561. The van der Waals surface area contributed by atoms with Crippen LogP contribution in [0.2, 0.25) is 0 Å².